The van der Waals surface area contributed by atoms with Gasteiger partial charge in [-0.2, -0.15) is 0 Å². The van der Waals surface area contributed by atoms with Gasteiger partial charge in [0.05, 0.1) is 27.1 Å². The molecule has 0 amide bonds. The van der Waals surface area contributed by atoms with Crippen LogP contribution < -0.4 is 4.90 Å². The van der Waals surface area contributed by atoms with Crippen molar-refractivity contribution in [2.24, 2.45) is 0 Å². The van der Waals surface area contributed by atoms with Crippen molar-refractivity contribution in [3.63, 3.8) is 0 Å². The van der Waals surface area contributed by atoms with Crippen LogP contribution in [0.2, 0.25) is 0 Å². The summed E-state index contributed by atoms with van der Waals surface area (Å²) in [4.78, 5) is 2.51. The highest BCUT2D eigenvalue weighted by Crippen LogP contribution is 2.48. The third-order valence-electron chi connectivity index (χ3n) is 10.1. The summed E-state index contributed by atoms with van der Waals surface area (Å²) in [6.45, 7) is 0. The van der Waals surface area contributed by atoms with Crippen LogP contribution in [0.1, 0.15) is 0 Å². The first-order valence-electron chi connectivity index (χ1n) is 16.9. The van der Waals surface area contributed by atoms with Gasteiger partial charge in [0.25, 0.3) is 0 Å². The summed E-state index contributed by atoms with van der Waals surface area (Å²) in [5.74, 6) is 0. The molecule has 0 saturated heterocycles. The molecule has 0 aliphatic carbocycles. The van der Waals surface area contributed by atoms with Crippen LogP contribution in [0, 0.1) is 0 Å². The molecule has 11 rings (SSSR count). The lowest BCUT2D eigenvalue weighted by atomic mass is 10.0. The van der Waals surface area contributed by atoms with E-state index in [1.807, 2.05) is 22.7 Å². The molecule has 0 fully saturated rings. The number of para-hydroxylation sites is 3. The number of hydrogen-bond donors (Lipinski definition) is 0. The zero-order valence-electron chi connectivity index (χ0n) is 26.9. The van der Waals surface area contributed by atoms with Crippen LogP contribution in [0.25, 0.3) is 78.6 Å². The van der Waals surface area contributed by atoms with Gasteiger partial charge in [-0.25, -0.2) is 0 Å². The van der Waals surface area contributed by atoms with Crippen LogP contribution in [-0.2, 0) is 0 Å². The molecule has 234 valence electrons. The highest BCUT2D eigenvalue weighted by atomic mass is 32.1. The van der Waals surface area contributed by atoms with Crippen LogP contribution in [-0.4, -0.2) is 4.57 Å². The normalized spacial score (nSPS) is 12.0. The second kappa shape index (κ2) is 10.8. The van der Waals surface area contributed by atoms with Crippen molar-refractivity contribution >= 4 is 113 Å². The van der Waals surface area contributed by atoms with Gasteiger partial charge in [0, 0.05) is 57.8 Å². The number of hydrogen-bond acceptors (Lipinski definition) is 3. The predicted molar refractivity (Wildman–Crippen MR) is 219 cm³/mol. The molecule has 0 radical (unpaired) electrons. The van der Waals surface area contributed by atoms with Crippen LogP contribution in [0.15, 0.2) is 170 Å². The highest BCUT2D eigenvalue weighted by molar-refractivity contribution is 7.26. The molecule has 3 aromatic heterocycles. The van der Waals surface area contributed by atoms with Crippen molar-refractivity contribution in [2.75, 3.05) is 4.90 Å². The average Bonchev–Trinajstić information content (AvgIpc) is 3.84. The summed E-state index contributed by atoms with van der Waals surface area (Å²) >= 11 is 3.75. The number of thiophene rings is 2. The number of fused-ring (bicyclic) bond motifs is 10. The van der Waals surface area contributed by atoms with Crippen LogP contribution in [0.3, 0.4) is 0 Å². The molecular formula is C46H28N2S2. The standard InChI is InChI=1S/C46H28N2S2/c1-2-12-31(13-3-1)48-39-19-7-4-14-33(39)36-17-10-20-40(45(36)48)47(41-21-11-18-37-34-15-5-9-23-43(34)50-46(37)41)32-25-24-29-27-38-35-16-6-8-22-42(35)49-44(38)28-30(29)26-32/h1-28H. The van der Waals surface area contributed by atoms with E-state index in [0.29, 0.717) is 0 Å². The van der Waals surface area contributed by atoms with E-state index >= 15 is 0 Å². The van der Waals surface area contributed by atoms with E-state index in [2.05, 4.69) is 179 Å². The van der Waals surface area contributed by atoms with Gasteiger partial charge in [-0.3, -0.25) is 0 Å². The molecule has 0 N–H and O–H groups in total. The quantitative estimate of drug-likeness (QED) is 0.181. The number of aromatic nitrogens is 1. The van der Waals surface area contributed by atoms with Crippen LogP contribution in [0.5, 0.6) is 0 Å². The Morgan fingerprint density at radius 1 is 0.400 bits per heavy atom. The van der Waals surface area contributed by atoms with E-state index in [1.54, 1.807) is 0 Å². The zero-order valence-corrected chi connectivity index (χ0v) is 28.5. The summed E-state index contributed by atoms with van der Waals surface area (Å²) in [6.07, 6.45) is 0. The van der Waals surface area contributed by atoms with Crippen molar-refractivity contribution in [3.05, 3.63) is 170 Å². The molecule has 50 heavy (non-hydrogen) atoms. The van der Waals surface area contributed by atoms with Crippen molar-refractivity contribution in [1.82, 2.24) is 4.57 Å². The van der Waals surface area contributed by atoms with E-state index in [1.165, 1.54) is 78.6 Å². The molecule has 0 aliphatic heterocycles. The molecule has 0 aliphatic rings. The second-order valence-corrected chi connectivity index (χ2v) is 15.1. The van der Waals surface area contributed by atoms with Gasteiger partial charge < -0.3 is 9.47 Å². The minimum Gasteiger partial charge on any atom is -0.307 e. The first kappa shape index (κ1) is 28.0. The van der Waals surface area contributed by atoms with E-state index in [-0.39, 0.29) is 0 Å². The van der Waals surface area contributed by atoms with Crippen molar-refractivity contribution < 1.29 is 0 Å². The number of rotatable bonds is 4. The lowest BCUT2D eigenvalue weighted by molar-refractivity contribution is 1.17. The predicted octanol–water partition coefficient (Wildman–Crippen LogP) is 14.1. The summed E-state index contributed by atoms with van der Waals surface area (Å²) in [5.41, 5.74) is 7.01. The molecule has 3 heterocycles. The maximum Gasteiger partial charge on any atom is 0.0782 e. The summed E-state index contributed by atoms with van der Waals surface area (Å²) in [5, 5.41) is 10.2. The van der Waals surface area contributed by atoms with Gasteiger partial charge in [-0.15, -0.1) is 22.7 Å². The van der Waals surface area contributed by atoms with Gasteiger partial charge in [-0.05, 0) is 77.5 Å². The Hall–Kier alpha value is -5.94. The smallest absolute Gasteiger partial charge is 0.0782 e. The van der Waals surface area contributed by atoms with Gasteiger partial charge in [0.1, 0.15) is 0 Å². The van der Waals surface area contributed by atoms with Crippen LogP contribution >= 0.6 is 22.7 Å². The lowest BCUT2D eigenvalue weighted by Gasteiger charge is -2.28. The van der Waals surface area contributed by atoms with E-state index in [9.17, 15) is 0 Å². The molecular weight excluding hydrogens is 645 g/mol. The minimum absolute atomic E-state index is 1.14. The average molecular weight is 673 g/mol. The third kappa shape index (κ3) is 4.07. The van der Waals surface area contributed by atoms with Crippen molar-refractivity contribution in [1.29, 1.82) is 0 Å². The molecule has 11 aromatic rings. The van der Waals surface area contributed by atoms with Crippen LogP contribution in [0.4, 0.5) is 17.1 Å². The lowest BCUT2D eigenvalue weighted by Crippen LogP contribution is -2.12. The maximum atomic E-state index is 2.51. The molecule has 4 heteroatoms. The monoisotopic (exact) mass is 672 g/mol. The Balaban J connectivity index is 1.25. The fraction of sp³-hybridized carbons (Fsp3) is 0. The molecule has 0 saturated carbocycles. The zero-order chi connectivity index (χ0) is 32.8. The molecule has 0 spiro atoms. The topological polar surface area (TPSA) is 8.17 Å². The number of anilines is 3. The Morgan fingerprint density at radius 3 is 1.90 bits per heavy atom. The highest BCUT2D eigenvalue weighted by Gasteiger charge is 2.24. The van der Waals surface area contributed by atoms with Gasteiger partial charge >= 0.3 is 0 Å². The molecule has 2 nitrogen and oxygen atoms in total. The summed E-state index contributed by atoms with van der Waals surface area (Å²) in [6, 6.07) is 62.5. The SMILES string of the molecule is c1ccc(-n2c3ccccc3c3cccc(N(c4ccc5cc6c(cc5c4)sc4ccccc46)c4cccc5c4sc4ccccc45)c32)cc1. The van der Waals surface area contributed by atoms with Gasteiger partial charge in [0.15, 0.2) is 0 Å². The first-order valence-corrected chi connectivity index (χ1v) is 18.6. The van der Waals surface area contributed by atoms with E-state index in [0.717, 1.165) is 17.1 Å². The Labute approximate surface area is 296 Å². The molecule has 0 bridgehead atoms. The van der Waals surface area contributed by atoms with E-state index < -0.39 is 0 Å². The second-order valence-electron chi connectivity index (χ2n) is 12.9. The largest absolute Gasteiger partial charge is 0.307 e. The van der Waals surface area contributed by atoms with E-state index in [4.69, 9.17) is 0 Å². The minimum atomic E-state index is 1.14. The maximum absolute atomic E-state index is 2.51. The van der Waals surface area contributed by atoms with Crippen molar-refractivity contribution in [2.45, 2.75) is 0 Å². The molecule has 0 atom stereocenters. The van der Waals surface area contributed by atoms with Gasteiger partial charge in [0.2, 0.25) is 0 Å². The fourth-order valence-electron chi connectivity index (χ4n) is 7.94. The number of benzene rings is 8. The Morgan fingerprint density at radius 2 is 1.06 bits per heavy atom. The Kier molecular flexibility index (Phi) is 6.03. The van der Waals surface area contributed by atoms with Gasteiger partial charge in [-0.1, -0.05) is 103 Å². The number of nitrogens with zero attached hydrogens (tertiary/aromatic N) is 2. The summed E-state index contributed by atoms with van der Waals surface area (Å²) < 4.78 is 7.68. The first-order chi connectivity index (χ1) is 24.8. The fourth-order valence-corrected chi connectivity index (χ4v) is 10.3. The molecule has 8 aromatic carbocycles. The molecule has 0 unspecified atom stereocenters. The summed E-state index contributed by atoms with van der Waals surface area (Å²) in [7, 11) is 0. The third-order valence-corrected chi connectivity index (χ3v) is 12.5. The Bertz CT molecular complexity index is 3110. The van der Waals surface area contributed by atoms with Crippen molar-refractivity contribution in [3.8, 4) is 5.69 Å².